The van der Waals surface area contributed by atoms with Gasteiger partial charge in [0.15, 0.2) is 18.5 Å². The molecule has 0 aliphatic heterocycles. The molecule has 8 nitrogen and oxygen atoms in total. The van der Waals surface area contributed by atoms with Gasteiger partial charge in [-0.1, -0.05) is 13.2 Å². The average Bonchev–Trinajstić information content (AvgIpc) is 2.48. The zero-order valence-electron chi connectivity index (χ0n) is 12.4. The lowest BCUT2D eigenvalue weighted by Gasteiger charge is -2.29. The maximum atomic E-state index is 11.6. The fourth-order valence-electron chi connectivity index (χ4n) is 1.28. The summed E-state index contributed by atoms with van der Waals surface area (Å²) in [6.45, 7) is 8.45. The second kappa shape index (κ2) is 9.08. The third kappa shape index (κ3) is 5.76. The molecule has 4 atom stereocenters. The van der Waals surface area contributed by atoms with Crippen molar-refractivity contribution >= 4 is 18.2 Å². The molecular formula is C14H20O8. The molecule has 0 radical (unpaired) electrons. The van der Waals surface area contributed by atoms with Crippen molar-refractivity contribution in [3.05, 3.63) is 24.3 Å². The molecule has 0 saturated carbocycles. The smallest absolute Gasteiger partial charge is 0.333 e. The third-order valence-corrected chi connectivity index (χ3v) is 2.56. The van der Waals surface area contributed by atoms with Gasteiger partial charge in [0, 0.05) is 11.1 Å². The van der Waals surface area contributed by atoms with Crippen molar-refractivity contribution in [3.63, 3.8) is 0 Å². The highest BCUT2D eigenvalue weighted by Gasteiger charge is 2.38. The Labute approximate surface area is 127 Å². The minimum absolute atomic E-state index is 0.0194. The molecule has 3 N–H and O–H groups in total. The molecule has 0 aliphatic rings. The molecule has 0 aromatic carbocycles. The van der Waals surface area contributed by atoms with E-state index in [0.717, 1.165) is 0 Å². The van der Waals surface area contributed by atoms with Crippen LogP contribution in [0.5, 0.6) is 0 Å². The van der Waals surface area contributed by atoms with Gasteiger partial charge in [0.05, 0.1) is 6.61 Å². The standard InChI is InChI=1S/C14H20O8/c1-7(2)13(19)21-10(6-16)12(11(18)9(17)5-15)22-14(20)8(3)4/h6,9-12,15,17-18H,1,3,5H2,2,4H3/t9-,10+,11+,12-/m1/s1. The van der Waals surface area contributed by atoms with Crippen LogP contribution < -0.4 is 0 Å². The summed E-state index contributed by atoms with van der Waals surface area (Å²) in [5.74, 6) is -1.91. The number of carbonyl (C=O) groups is 3. The van der Waals surface area contributed by atoms with Crippen molar-refractivity contribution in [2.75, 3.05) is 6.61 Å². The number of carbonyl (C=O) groups excluding carboxylic acids is 3. The lowest BCUT2D eigenvalue weighted by molar-refractivity contribution is -0.180. The second-order valence-electron chi connectivity index (χ2n) is 4.68. The summed E-state index contributed by atoms with van der Waals surface area (Å²) in [4.78, 5) is 34.1. The maximum Gasteiger partial charge on any atom is 0.333 e. The number of hydrogen-bond donors (Lipinski definition) is 3. The van der Waals surface area contributed by atoms with E-state index in [1.54, 1.807) is 0 Å². The van der Waals surface area contributed by atoms with Gasteiger partial charge in [0.2, 0.25) is 0 Å². The molecule has 0 fully saturated rings. The monoisotopic (exact) mass is 316 g/mol. The van der Waals surface area contributed by atoms with Crippen LogP contribution in [0.3, 0.4) is 0 Å². The number of ether oxygens (including phenoxy) is 2. The summed E-state index contributed by atoms with van der Waals surface area (Å²) in [6.07, 6.45) is -6.85. The molecule has 0 rings (SSSR count). The van der Waals surface area contributed by atoms with Crippen molar-refractivity contribution in [1.29, 1.82) is 0 Å². The molecule has 0 aromatic heterocycles. The van der Waals surface area contributed by atoms with Gasteiger partial charge >= 0.3 is 11.9 Å². The lowest BCUT2D eigenvalue weighted by atomic mass is 10.0. The van der Waals surface area contributed by atoms with E-state index in [-0.39, 0.29) is 17.4 Å². The zero-order valence-corrected chi connectivity index (χ0v) is 12.4. The number of rotatable bonds is 9. The van der Waals surface area contributed by atoms with Gasteiger partial charge < -0.3 is 24.8 Å². The molecule has 0 heterocycles. The highest BCUT2D eigenvalue weighted by molar-refractivity contribution is 5.89. The number of aldehydes is 1. The second-order valence-corrected chi connectivity index (χ2v) is 4.68. The van der Waals surface area contributed by atoms with E-state index < -0.39 is 43.0 Å². The predicted octanol–water partition coefficient (Wildman–Crippen LogP) is -1.12. The number of hydrogen-bond acceptors (Lipinski definition) is 8. The van der Waals surface area contributed by atoms with Crippen molar-refractivity contribution < 1.29 is 39.2 Å². The van der Waals surface area contributed by atoms with E-state index in [4.69, 9.17) is 14.6 Å². The Bertz CT molecular complexity index is 456. The number of aliphatic hydroxyl groups is 3. The molecular weight excluding hydrogens is 296 g/mol. The number of esters is 2. The van der Waals surface area contributed by atoms with Crippen LogP contribution in [0, 0.1) is 0 Å². The quantitative estimate of drug-likeness (QED) is 0.277. The summed E-state index contributed by atoms with van der Waals surface area (Å²) in [5.41, 5.74) is -0.0550. The SMILES string of the molecule is C=C(C)C(=O)O[C@@H]([C@@H](O)[C@H](O)CO)[C@H](C=O)OC(=O)C(=C)C. The van der Waals surface area contributed by atoms with Gasteiger partial charge in [0.1, 0.15) is 12.2 Å². The normalized spacial score (nSPS) is 15.9. The van der Waals surface area contributed by atoms with Crippen LogP contribution in [0.4, 0.5) is 0 Å². The molecule has 0 bridgehead atoms. The summed E-state index contributed by atoms with van der Waals surface area (Å²) >= 11 is 0. The van der Waals surface area contributed by atoms with Gasteiger partial charge in [0.25, 0.3) is 0 Å². The molecule has 0 aromatic rings. The molecule has 22 heavy (non-hydrogen) atoms. The molecule has 124 valence electrons. The first-order valence-electron chi connectivity index (χ1n) is 6.30. The van der Waals surface area contributed by atoms with Crippen molar-refractivity contribution in [2.45, 2.75) is 38.3 Å². The Balaban J connectivity index is 5.36. The first-order chi connectivity index (χ1) is 10.1. The Morgan fingerprint density at radius 3 is 1.91 bits per heavy atom. The van der Waals surface area contributed by atoms with Crippen LogP contribution in [0.15, 0.2) is 24.3 Å². The van der Waals surface area contributed by atoms with Crippen molar-refractivity contribution in [2.24, 2.45) is 0 Å². The van der Waals surface area contributed by atoms with E-state index in [1.165, 1.54) is 13.8 Å². The molecule has 0 amide bonds. The Kier molecular flexibility index (Phi) is 8.24. The summed E-state index contributed by atoms with van der Waals surface area (Å²) in [6, 6.07) is 0. The lowest BCUT2D eigenvalue weighted by Crippen LogP contribution is -2.50. The van der Waals surface area contributed by atoms with Crippen LogP contribution in [-0.4, -0.2) is 64.6 Å². The van der Waals surface area contributed by atoms with Crippen molar-refractivity contribution in [3.8, 4) is 0 Å². The first kappa shape index (κ1) is 20.0. The van der Waals surface area contributed by atoms with Crippen LogP contribution in [0.25, 0.3) is 0 Å². The van der Waals surface area contributed by atoms with E-state index >= 15 is 0 Å². The van der Waals surface area contributed by atoms with Crippen LogP contribution in [0.2, 0.25) is 0 Å². The van der Waals surface area contributed by atoms with Crippen LogP contribution in [0.1, 0.15) is 13.8 Å². The minimum Gasteiger partial charge on any atom is -0.452 e. The fourth-order valence-corrected chi connectivity index (χ4v) is 1.28. The molecule has 0 unspecified atom stereocenters. The number of aliphatic hydroxyl groups excluding tert-OH is 3. The molecule has 0 spiro atoms. The Morgan fingerprint density at radius 2 is 1.55 bits per heavy atom. The topological polar surface area (TPSA) is 130 Å². The fraction of sp³-hybridized carbons (Fsp3) is 0.500. The summed E-state index contributed by atoms with van der Waals surface area (Å²) in [5, 5.41) is 28.2. The van der Waals surface area contributed by atoms with Gasteiger partial charge in [-0.15, -0.1) is 0 Å². The first-order valence-corrected chi connectivity index (χ1v) is 6.30. The van der Waals surface area contributed by atoms with Gasteiger partial charge in [-0.3, -0.25) is 4.79 Å². The maximum absolute atomic E-state index is 11.6. The van der Waals surface area contributed by atoms with E-state index in [0.29, 0.717) is 0 Å². The zero-order chi connectivity index (χ0) is 17.4. The van der Waals surface area contributed by atoms with Gasteiger partial charge in [-0.25, -0.2) is 9.59 Å². The van der Waals surface area contributed by atoms with E-state index in [1.807, 2.05) is 0 Å². The van der Waals surface area contributed by atoms with E-state index in [9.17, 15) is 24.6 Å². The molecule has 0 aliphatic carbocycles. The third-order valence-electron chi connectivity index (χ3n) is 2.56. The van der Waals surface area contributed by atoms with Gasteiger partial charge in [-0.05, 0) is 13.8 Å². The van der Waals surface area contributed by atoms with Crippen LogP contribution in [-0.2, 0) is 23.9 Å². The van der Waals surface area contributed by atoms with Crippen LogP contribution >= 0.6 is 0 Å². The highest BCUT2D eigenvalue weighted by Crippen LogP contribution is 2.14. The van der Waals surface area contributed by atoms with Gasteiger partial charge in [-0.2, -0.15) is 0 Å². The predicted molar refractivity (Wildman–Crippen MR) is 74.6 cm³/mol. The summed E-state index contributed by atoms with van der Waals surface area (Å²) < 4.78 is 9.59. The Hall–Kier alpha value is -2.03. The summed E-state index contributed by atoms with van der Waals surface area (Å²) in [7, 11) is 0. The largest absolute Gasteiger partial charge is 0.452 e. The highest BCUT2D eigenvalue weighted by atomic mass is 16.6. The molecule has 0 saturated heterocycles. The molecule has 8 heteroatoms. The average molecular weight is 316 g/mol. The van der Waals surface area contributed by atoms with E-state index in [2.05, 4.69) is 13.2 Å². The minimum atomic E-state index is -1.86. The Morgan fingerprint density at radius 1 is 1.09 bits per heavy atom. The van der Waals surface area contributed by atoms with Crippen molar-refractivity contribution in [1.82, 2.24) is 0 Å².